The van der Waals surface area contributed by atoms with Gasteiger partial charge in [-0.25, -0.2) is 13.4 Å². The third-order valence-corrected chi connectivity index (χ3v) is 4.08. The Morgan fingerprint density at radius 2 is 2.18 bits per heavy atom. The normalized spacial score (nSPS) is 11.9. The highest BCUT2D eigenvalue weighted by molar-refractivity contribution is 7.89. The average molecular weight is 259 g/mol. The molecule has 17 heavy (non-hydrogen) atoms. The number of nitrogen functional groups attached to an aromatic ring is 1. The summed E-state index contributed by atoms with van der Waals surface area (Å²) in [5.74, 6) is 0. The highest BCUT2D eigenvalue weighted by Gasteiger charge is 2.26. The molecule has 0 saturated heterocycles. The number of aromatic nitrogens is 1. The molecule has 6 nitrogen and oxygen atoms in total. The Kier molecular flexibility index (Phi) is 4.86. The first kappa shape index (κ1) is 13.9. The lowest BCUT2D eigenvalue weighted by Gasteiger charge is -2.20. The number of rotatable bonds is 6. The monoisotopic (exact) mass is 259 g/mol. The third-order valence-electron chi connectivity index (χ3n) is 2.21. The Morgan fingerprint density at radius 3 is 2.71 bits per heavy atom. The fourth-order valence-electron chi connectivity index (χ4n) is 1.45. The SMILES string of the molecule is CCCN(CCO)S(=O)(=O)c1ncccc1N. The maximum absolute atomic E-state index is 12.2. The summed E-state index contributed by atoms with van der Waals surface area (Å²) in [6.07, 6.45) is 2.04. The molecule has 0 radical (unpaired) electrons. The van der Waals surface area contributed by atoms with Gasteiger partial charge in [-0.05, 0) is 18.6 Å². The average Bonchev–Trinajstić information content (AvgIpc) is 2.29. The first-order valence-electron chi connectivity index (χ1n) is 5.35. The third kappa shape index (κ3) is 3.15. The summed E-state index contributed by atoms with van der Waals surface area (Å²) >= 11 is 0. The largest absolute Gasteiger partial charge is 0.396 e. The molecule has 7 heteroatoms. The highest BCUT2D eigenvalue weighted by atomic mass is 32.2. The molecule has 96 valence electrons. The van der Waals surface area contributed by atoms with E-state index in [1.807, 2.05) is 6.92 Å². The van der Waals surface area contributed by atoms with Gasteiger partial charge in [0.2, 0.25) is 0 Å². The topological polar surface area (TPSA) is 96.5 Å². The Bertz CT molecular complexity index is 456. The van der Waals surface area contributed by atoms with Crippen molar-refractivity contribution in [2.75, 3.05) is 25.4 Å². The predicted octanol–water partition coefficient (Wildman–Crippen LogP) is 0.0568. The number of nitrogens with two attached hydrogens (primary N) is 1. The minimum absolute atomic E-state index is 0.0478. The fourth-order valence-corrected chi connectivity index (χ4v) is 3.00. The lowest BCUT2D eigenvalue weighted by Crippen LogP contribution is -2.35. The molecule has 1 aromatic rings. The lowest BCUT2D eigenvalue weighted by atomic mass is 10.4. The number of pyridine rings is 1. The Labute approximate surface area is 101 Å². The van der Waals surface area contributed by atoms with Crippen LogP contribution in [0.3, 0.4) is 0 Å². The van der Waals surface area contributed by atoms with Crippen LogP contribution in [0.1, 0.15) is 13.3 Å². The van der Waals surface area contributed by atoms with Gasteiger partial charge in [-0.2, -0.15) is 4.31 Å². The molecule has 0 aliphatic rings. The maximum Gasteiger partial charge on any atom is 0.262 e. The van der Waals surface area contributed by atoms with E-state index in [0.717, 1.165) is 0 Å². The number of aliphatic hydroxyl groups is 1. The van der Waals surface area contributed by atoms with Gasteiger partial charge < -0.3 is 10.8 Å². The van der Waals surface area contributed by atoms with E-state index in [1.165, 1.54) is 16.6 Å². The van der Waals surface area contributed by atoms with Crippen molar-refractivity contribution in [2.45, 2.75) is 18.4 Å². The van der Waals surface area contributed by atoms with Gasteiger partial charge in [0.1, 0.15) is 0 Å². The second-order valence-corrected chi connectivity index (χ2v) is 5.38. The summed E-state index contributed by atoms with van der Waals surface area (Å²) in [5, 5.41) is 8.73. The van der Waals surface area contributed by atoms with Crippen LogP contribution >= 0.6 is 0 Å². The van der Waals surface area contributed by atoms with Crippen molar-refractivity contribution in [1.29, 1.82) is 0 Å². The molecule has 0 saturated carbocycles. The summed E-state index contributed by atoms with van der Waals surface area (Å²) in [5.41, 5.74) is 5.72. The van der Waals surface area contributed by atoms with Crippen LogP contribution in [0.25, 0.3) is 0 Å². The van der Waals surface area contributed by atoms with Crippen LogP contribution in [0, 0.1) is 0 Å². The number of nitrogens with zero attached hydrogens (tertiary/aromatic N) is 2. The standard InChI is InChI=1S/C10H17N3O3S/c1-2-6-13(7-8-14)17(15,16)10-9(11)4-3-5-12-10/h3-5,14H,2,6-8,11H2,1H3. The van der Waals surface area contributed by atoms with Gasteiger partial charge in [-0.1, -0.05) is 6.92 Å². The Balaban J connectivity index is 3.12. The molecule has 1 heterocycles. The summed E-state index contributed by atoms with van der Waals surface area (Å²) < 4.78 is 25.6. The maximum atomic E-state index is 12.2. The highest BCUT2D eigenvalue weighted by Crippen LogP contribution is 2.19. The van der Waals surface area contributed by atoms with Crippen LogP contribution < -0.4 is 5.73 Å². The van der Waals surface area contributed by atoms with Crippen molar-refractivity contribution in [3.05, 3.63) is 18.3 Å². The van der Waals surface area contributed by atoms with Crippen molar-refractivity contribution in [1.82, 2.24) is 9.29 Å². The summed E-state index contributed by atoms with van der Waals surface area (Å²) in [6, 6.07) is 3.06. The van der Waals surface area contributed by atoms with E-state index in [4.69, 9.17) is 10.8 Å². The van der Waals surface area contributed by atoms with Gasteiger partial charge in [0, 0.05) is 19.3 Å². The second kappa shape index (κ2) is 5.95. The zero-order valence-corrected chi connectivity index (χ0v) is 10.5. The molecule has 1 rings (SSSR count). The molecule has 0 bridgehead atoms. The van der Waals surface area contributed by atoms with Crippen LogP contribution in [-0.2, 0) is 10.0 Å². The van der Waals surface area contributed by atoms with Gasteiger partial charge in [0.05, 0.1) is 12.3 Å². The van der Waals surface area contributed by atoms with Crippen molar-refractivity contribution in [3.63, 3.8) is 0 Å². The molecule has 1 aromatic heterocycles. The van der Waals surface area contributed by atoms with E-state index >= 15 is 0 Å². The number of sulfonamides is 1. The van der Waals surface area contributed by atoms with Gasteiger partial charge in [0.15, 0.2) is 5.03 Å². The van der Waals surface area contributed by atoms with Crippen molar-refractivity contribution in [2.24, 2.45) is 0 Å². The van der Waals surface area contributed by atoms with Crippen LogP contribution in [0.15, 0.2) is 23.4 Å². The summed E-state index contributed by atoms with van der Waals surface area (Å²) in [7, 11) is -3.72. The van der Waals surface area contributed by atoms with E-state index in [9.17, 15) is 8.42 Å². The van der Waals surface area contributed by atoms with Crippen LogP contribution in [0.5, 0.6) is 0 Å². The Hall–Kier alpha value is -1.18. The molecule has 0 aromatic carbocycles. The van der Waals surface area contributed by atoms with E-state index in [-0.39, 0.29) is 23.9 Å². The summed E-state index contributed by atoms with van der Waals surface area (Å²) in [4.78, 5) is 3.80. The molecule has 0 amide bonds. The molecule has 0 atom stereocenters. The van der Waals surface area contributed by atoms with E-state index in [0.29, 0.717) is 13.0 Å². The molecule has 0 spiro atoms. The van der Waals surface area contributed by atoms with Crippen LogP contribution in [-0.4, -0.2) is 42.5 Å². The molecule has 0 aliphatic carbocycles. The minimum atomic E-state index is -3.72. The fraction of sp³-hybridized carbons (Fsp3) is 0.500. The second-order valence-electron chi connectivity index (χ2n) is 3.53. The van der Waals surface area contributed by atoms with Crippen molar-refractivity contribution in [3.8, 4) is 0 Å². The molecule has 0 aliphatic heterocycles. The number of anilines is 1. The molecular weight excluding hydrogens is 242 g/mol. The zero-order chi connectivity index (χ0) is 12.9. The first-order valence-corrected chi connectivity index (χ1v) is 6.79. The van der Waals surface area contributed by atoms with Gasteiger partial charge in [-0.15, -0.1) is 0 Å². The van der Waals surface area contributed by atoms with Crippen LogP contribution in [0.4, 0.5) is 5.69 Å². The predicted molar refractivity (Wildman–Crippen MR) is 64.8 cm³/mol. The van der Waals surface area contributed by atoms with Gasteiger partial charge in [0.25, 0.3) is 10.0 Å². The number of hydrogen-bond acceptors (Lipinski definition) is 5. The molecule has 3 N–H and O–H groups in total. The molecular formula is C10H17N3O3S. The number of aliphatic hydroxyl groups excluding tert-OH is 1. The minimum Gasteiger partial charge on any atom is -0.396 e. The first-order chi connectivity index (χ1) is 8.04. The lowest BCUT2D eigenvalue weighted by molar-refractivity contribution is 0.253. The quantitative estimate of drug-likeness (QED) is 0.753. The van der Waals surface area contributed by atoms with Gasteiger partial charge >= 0.3 is 0 Å². The smallest absolute Gasteiger partial charge is 0.262 e. The summed E-state index contributed by atoms with van der Waals surface area (Å²) in [6.45, 7) is 2.01. The van der Waals surface area contributed by atoms with Crippen molar-refractivity contribution < 1.29 is 13.5 Å². The number of hydrogen-bond donors (Lipinski definition) is 2. The van der Waals surface area contributed by atoms with Crippen molar-refractivity contribution >= 4 is 15.7 Å². The van der Waals surface area contributed by atoms with Crippen LogP contribution in [0.2, 0.25) is 0 Å². The Morgan fingerprint density at radius 1 is 1.47 bits per heavy atom. The molecule has 0 fully saturated rings. The van der Waals surface area contributed by atoms with Gasteiger partial charge in [-0.3, -0.25) is 0 Å². The van der Waals surface area contributed by atoms with E-state index in [2.05, 4.69) is 4.98 Å². The van der Waals surface area contributed by atoms with E-state index in [1.54, 1.807) is 6.07 Å². The van der Waals surface area contributed by atoms with E-state index < -0.39 is 10.0 Å². The zero-order valence-electron chi connectivity index (χ0n) is 9.70. The molecule has 0 unspecified atom stereocenters.